The molecular weight excluding hydrogens is 370 g/mol. The topological polar surface area (TPSA) is 84.9 Å². The van der Waals surface area contributed by atoms with Crippen LogP contribution in [0.3, 0.4) is 0 Å². The maximum Gasteiger partial charge on any atom is 0.307 e. The van der Waals surface area contributed by atoms with Gasteiger partial charge >= 0.3 is 5.97 Å². The van der Waals surface area contributed by atoms with Gasteiger partial charge in [0.2, 0.25) is 5.91 Å². The molecule has 0 bridgehead atoms. The molecule has 1 aliphatic carbocycles. The molecule has 1 saturated carbocycles. The Morgan fingerprint density at radius 3 is 2.48 bits per heavy atom. The van der Waals surface area contributed by atoms with Crippen LogP contribution in [-0.4, -0.2) is 24.1 Å². The lowest BCUT2D eigenvalue weighted by atomic mass is 9.78. The molecule has 154 valence electrons. The van der Waals surface area contributed by atoms with Gasteiger partial charge in [0, 0.05) is 18.2 Å². The van der Waals surface area contributed by atoms with E-state index in [2.05, 4.69) is 5.32 Å². The van der Waals surface area contributed by atoms with E-state index in [0.29, 0.717) is 30.9 Å². The highest BCUT2D eigenvalue weighted by Gasteiger charge is 2.35. The monoisotopic (exact) mass is 397 g/mol. The molecule has 2 aromatic carbocycles. The maximum absolute atomic E-state index is 12.7. The van der Waals surface area contributed by atoms with Crippen molar-refractivity contribution in [3.05, 3.63) is 59.7 Å². The SMILES string of the molecule is COc1ccc(CNC(=O)C2CCCCC2C(=O)O)c(OCc2ccccc2)c1. The number of carbonyl (C=O) groups is 2. The van der Waals surface area contributed by atoms with Crippen LogP contribution in [-0.2, 0) is 22.7 Å². The third-order valence-corrected chi connectivity index (χ3v) is 5.38. The second kappa shape index (κ2) is 9.96. The first-order valence-corrected chi connectivity index (χ1v) is 9.92. The molecular formula is C23H27NO5. The van der Waals surface area contributed by atoms with E-state index in [1.54, 1.807) is 13.2 Å². The second-order valence-electron chi connectivity index (χ2n) is 7.30. The number of carboxylic acid groups (broad SMARTS) is 1. The van der Waals surface area contributed by atoms with E-state index in [1.807, 2.05) is 42.5 Å². The first kappa shape index (κ1) is 20.7. The lowest BCUT2D eigenvalue weighted by molar-refractivity contribution is -0.148. The summed E-state index contributed by atoms with van der Waals surface area (Å²) < 4.78 is 11.3. The van der Waals surface area contributed by atoms with Crippen LogP contribution in [0.1, 0.15) is 36.8 Å². The highest BCUT2D eigenvalue weighted by molar-refractivity contribution is 5.84. The zero-order chi connectivity index (χ0) is 20.6. The van der Waals surface area contributed by atoms with E-state index in [-0.39, 0.29) is 12.5 Å². The average Bonchev–Trinajstić information content (AvgIpc) is 2.76. The number of methoxy groups -OCH3 is 1. The fourth-order valence-electron chi connectivity index (χ4n) is 3.73. The van der Waals surface area contributed by atoms with Crippen LogP contribution in [0.2, 0.25) is 0 Å². The van der Waals surface area contributed by atoms with Crippen molar-refractivity contribution in [3.63, 3.8) is 0 Å². The summed E-state index contributed by atoms with van der Waals surface area (Å²) in [6.07, 6.45) is 2.91. The first-order valence-electron chi connectivity index (χ1n) is 9.92. The van der Waals surface area contributed by atoms with Crippen molar-refractivity contribution in [1.29, 1.82) is 0 Å². The van der Waals surface area contributed by atoms with E-state index in [0.717, 1.165) is 24.0 Å². The molecule has 29 heavy (non-hydrogen) atoms. The van der Waals surface area contributed by atoms with Gasteiger partial charge in [0.15, 0.2) is 0 Å². The van der Waals surface area contributed by atoms with Crippen LogP contribution in [0.25, 0.3) is 0 Å². The van der Waals surface area contributed by atoms with Crippen molar-refractivity contribution in [1.82, 2.24) is 5.32 Å². The minimum atomic E-state index is -0.888. The summed E-state index contributed by atoms with van der Waals surface area (Å²) in [6.45, 7) is 0.675. The van der Waals surface area contributed by atoms with E-state index < -0.39 is 17.8 Å². The molecule has 6 heteroatoms. The zero-order valence-electron chi connectivity index (χ0n) is 16.6. The summed E-state index contributed by atoms with van der Waals surface area (Å²) in [5, 5.41) is 12.3. The molecule has 0 spiro atoms. The van der Waals surface area contributed by atoms with Gasteiger partial charge in [0.1, 0.15) is 18.1 Å². The van der Waals surface area contributed by atoms with Crippen LogP contribution >= 0.6 is 0 Å². The Bertz CT molecular complexity index is 836. The number of rotatable bonds is 8. The van der Waals surface area contributed by atoms with Gasteiger partial charge in [-0.05, 0) is 30.5 Å². The number of benzene rings is 2. The van der Waals surface area contributed by atoms with E-state index in [4.69, 9.17) is 9.47 Å². The van der Waals surface area contributed by atoms with Gasteiger partial charge in [0.05, 0.1) is 18.9 Å². The van der Waals surface area contributed by atoms with Gasteiger partial charge < -0.3 is 19.9 Å². The Balaban J connectivity index is 1.67. The normalized spacial score (nSPS) is 18.7. The van der Waals surface area contributed by atoms with Crippen LogP contribution in [0.5, 0.6) is 11.5 Å². The lowest BCUT2D eigenvalue weighted by Gasteiger charge is -2.27. The van der Waals surface area contributed by atoms with Gasteiger partial charge in [-0.3, -0.25) is 9.59 Å². The molecule has 1 amide bonds. The third kappa shape index (κ3) is 5.50. The van der Waals surface area contributed by atoms with Gasteiger partial charge in [-0.15, -0.1) is 0 Å². The van der Waals surface area contributed by atoms with Crippen molar-refractivity contribution in [2.24, 2.45) is 11.8 Å². The summed E-state index contributed by atoms with van der Waals surface area (Å²) >= 11 is 0. The minimum Gasteiger partial charge on any atom is -0.497 e. The maximum atomic E-state index is 12.7. The zero-order valence-corrected chi connectivity index (χ0v) is 16.6. The van der Waals surface area contributed by atoms with Crippen molar-refractivity contribution >= 4 is 11.9 Å². The van der Waals surface area contributed by atoms with Crippen LogP contribution in [0.15, 0.2) is 48.5 Å². The number of aliphatic carboxylic acids is 1. The predicted molar refractivity (Wildman–Crippen MR) is 109 cm³/mol. The summed E-state index contributed by atoms with van der Waals surface area (Å²) in [4.78, 5) is 24.1. The fourth-order valence-corrected chi connectivity index (χ4v) is 3.73. The molecule has 0 saturated heterocycles. The van der Waals surface area contributed by atoms with Crippen LogP contribution < -0.4 is 14.8 Å². The number of hydrogen-bond acceptors (Lipinski definition) is 4. The molecule has 2 atom stereocenters. The number of amides is 1. The summed E-state index contributed by atoms with van der Waals surface area (Å²) in [5.41, 5.74) is 1.86. The van der Waals surface area contributed by atoms with E-state index >= 15 is 0 Å². The number of carbonyl (C=O) groups excluding carboxylic acids is 1. The second-order valence-corrected chi connectivity index (χ2v) is 7.30. The van der Waals surface area contributed by atoms with Gasteiger partial charge in [-0.25, -0.2) is 0 Å². The molecule has 0 aliphatic heterocycles. The van der Waals surface area contributed by atoms with Crippen molar-refractivity contribution in [2.75, 3.05) is 7.11 Å². The largest absolute Gasteiger partial charge is 0.497 e. The Hall–Kier alpha value is -3.02. The Labute approximate surface area is 170 Å². The van der Waals surface area contributed by atoms with E-state index in [1.165, 1.54) is 0 Å². The summed E-state index contributed by atoms with van der Waals surface area (Å²) in [5.74, 6) is -0.877. The Morgan fingerprint density at radius 2 is 1.79 bits per heavy atom. The van der Waals surface area contributed by atoms with Crippen LogP contribution in [0.4, 0.5) is 0 Å². The molecule has 0 radical (unpaired) electrons. The smallest absolute Gasteiger partial charge is 0.307 e. The average molecular weight is 397 g/mol. The molecule has 0 heterocycles. The molecule has 2 aromatic rings. The van der Waals surface area contributed by atoms with Gasteiger partial charge in [0.25, 0.3) is 0 Å². The third-order valence-electron chi connectivity index (χ3n) is 5.38. The van der Waals surface area contributed by atoms with Crippen molar-refractivity contribution in [3.8, 4) is 11.5 Å². The molecule has 2 unspecified atom stereocenters. The van der Waals surface area contributed by atoms with Crippen LogP contribution in [0, 0.1) is 11.8 Å². The Kier molecular flexibility index (Phi) is 7.11. The highest BCUT2D eigenvalue weighted by atomic mass is 16.5. The number of nitrogens with one attached hydrogen (secondary N) is 1. The molecule has 1 aliphatic rings. The van der Waals surface area contributed by atoms with Gasteiger partial charge in [-0.1, -0.05) is 43.2 Å². The summed E-state index contributed by atoms with van der Waals surface area (Å²) in [6, 6.07) is 15.3. The lowest BCUT2D eigenvalue weighted by Crippen LogP contribution is -2.39. The van der Waals surface area contributed by atoms with Gasteiger partial charge in [-0.2, -0.15) is 0 Å². The highest BCUT2D eigenvalue weighted by Crippen LogP contribution is 2.31. The molecule has 2 N–H and O–H groups in total. The van der Waals surface area contributed by atoms with Crippen molar-refractivity contribution in [2.45, 2.75) is 38.8 Å². The standard InChI is InChI=1S/C23H27NO5/c1-28-18-12-11-17(21(13-18)29-15-16-7-3-2-4-8-16)14-24-22(25)19-9-5-6-10-20(19)23(26)27/h2-4,7-8,11-13,19-20H,5-6,9-10,14-15H2,1H3,(H,24,25)(H,26,27). The number of hydrogen-bond donors (Lipinski definition) is 2. The van der Waals surface area contributed by atoms with Crippen molar-refractivity contribution < 1.29 is 24.2 Å². The molecule has 0 aromatic heterocycles. The molecule has 6 nitrogen and oxygen atoms in total. The summed E-state index contributed by atoms with van der Waals surface area (Å²) in [7, 11) is 1.59. The quantitative estimate of drug-likeness (QED) is 0.708. The molecule has 1 fully saturated rings. The first-order chi connectivity index (χ1) is 14.1. The Morgan fingerprint density at radius 1 is 1.07 bits per heavy atom. The number of carboxylic acids is 1. The number of ether oxygens (including phenoxy) is 2. The predicted octanol–water partition coefficient (Wildman–Crippen LogP) is 3.78. The minimum absolute atomic E-state index is 0.207. The fraction of sp³-hybridized carbons (Fsp3) is 0.391. The molecule has 3 rings (SSSR count). The van der Waals surface area contributed by atoms with E-state index in [9.17, 15) is 14.7 Å².